The largest absolute Gasteiger partial charge is 0.504 e. The molecule has 0 spiro atoms. The van der Waals surface area contributed by atoms with Crippen LogP contribution in [0.4, 0.5) is 0 Å². The molecule has 2 unspecified atom stereocenters. The van der Waals surface area contributed by atoms with Gasteiger partial charge in [-0.05, 0) is 27.7 Å². The van der Waals surface area contributed by atoms with Gasteiger partial charge in [-0.1, -0.05) is 12.2 Å². The molecule has 0 amide bonds. The Labute approximate surface area is 123 Å². The standard InChI is InChI=1S/C14H28O5Si/c1-5-17-20(18-6-2,19-7-3)10-8-9-13(4)15-11-14-12-16-14/h8-9,13-14H,5-7,10-12H2,1-4H3/b9-8+. The minimum Gasteiger partial charge on any atom is -0.374 e. The Hall–Kier alpha value is -0.243. The fourth-order valence-electron chi connectivity index (χ4n) is 1.84. The van der Waals surface area contributed by atoms with Crippen molar-refractivity contribution in [3.05, 3.63) is 12.2 Å². The monoisotopic (exact) mass is 304 g/mol. The maximum Gasteiger partial charge on any atom is 0.504 e. The van der Waals surface area contributed by atoms with E-state index in [1.807, 2.05) is 39.8 Å². The van der Waals surface area contributed by atoms with Gasteiger partial charge in [-0.2, -0.15) is 0 Å². The lowest BCUT2D eigenvalue weighted by atomic mass is 10.3. The van der Waals surface area contributed by atoms with Gasteiger partial charge in [0, 0.05) is 25.9 Å². The summed E-state index contributed by atoms with van der Waals surface area (Å²) in [6.45, 7) is 11.2. The normalized spacial score (nSPS) is 20.5. The molecule has 0 saturated carbocycles. The van der Waals surface area contributed by atoms with E-state index in [0.717, 1.165) is 6.61 Å². The smallest absolute Gasteiger partial charge is 0.374 e. The van der Waals surface area contributed by atoms with Gasteiger partial charge in [0.2, 0.25) is 0 Å². The topological polar surface area (TPSA) is 49.5 Å². The second-order valence-electron chi connectivity index (χ2n) is 4.61. The molecule has 0 bridgehead atoms. The number of hydrogen-bond acceptors (Lipinski definition) is 5. The van der Waals surface area contributed by atoms with Crippen LogP contribution < -0.4 is 0 Å². The number of rotatable bonds is 12. The van der Waals surface area contributed by atoms with Crippen LogP contribution in [0.3, 0.4) is 0 Å². The third-order valence-electron chi connectivity index (χ3n) is 2.82. The van der Waals surface area contributed by atoms with Crippen molar-refractivity contribution >= 4 is 8.80 Å². The predicted molar refractivity (Wildman–Crippen MR) is 79.7 cm³/mol. The molecule has 1 saturated heterocycles. The Morgan fingerprint density at radius 3 is 2.15 bits per heavy atom. The molecule has 1 heterocycles. The molecule has 20 heavy (non-hydrogen) atoms. The summed E-state index contributed by atoms with van der Waals surface area (Å²) < 4.78 is 28.1. The summed E-state index contributed by atoms with van der Waals surface area (Å²) in [6.07, 6.45) is 4.44. The van der Waals surface area contributed by atoms with E-state index < -0.39 is 8.80 Å². The summed E-state index contributed by atoms with van der Waals surface area (Å²) in [4.78, 5) is 0. The van der Waals surface area contributed by atoms with Crippen molar-refractivity contribution < 1.29 is 22.8 Å². The van der Waals surface area contributed by atoms with E-state index in [9.17, 15) is 0 Å². The van der Waals surface area contributed by atoms with Crippen LogP contribution in [0.5, 0.6) is 0 Å². The Balaban J connectivity index is 2.40. The predicted octanol–water partition coefficient (Wildman–Crippen LogP) is 2.39. The molecule has 5 nitrogen and oxygen atoms in total. The van der Waals surface area contributed by atoms with Crippen LogP contribution in [-0.2, 0) is 22.8 Å². The molecule has 1 aliphatic rings. The lowest BCUT2D eigenvalue weighted by molar-refractivity contribution is 0.0735. The van der Waals surface area contributed by atoms with Gasteiger partial charge in [0.1, 0.15) is 6.10 Å². The van der Waals surface area contributed by atoms with Crippen molar-refractivity contribution in [3.8, 4) is 0 Å². The van der Waals surface area contributed by atoms with E-state index >= 15 is 0 Å². The van der Waals surface area contributed by atoms with Crippen molar-refractivity contribution in [2.45, 2.75) is 45.9 Å². The van der Waals surface area contributed by atoms with Crippen molar-refractivity contribution in [1.82, 2.24) is 0 Å². The van der Waals surface area contributed by atoms with Crippen molar-refractivity contribution in [3.63, 3.8) is 0 Å². The molecule has 0 aromatic carbocycles. The van der Waals surface area contributed by atoms with E-state index in [0.29, 0.717) is 38.6 Å². The molecule has 6 heteroatoms. The highest BCUT2D eigenvalue weighted by Crippen LogP contribution is 2.17. The van der Waals surface area contributed by atoms with Gasteiger partial charge in [-0.15, -0.1) is 0 Å². The average molecular weight is 304 g/mol. The second-order valence-corrected chi connectivity index (χ2v) is 7.25. The van der Waals surface area contributed by atoms with Crippen LogP contribution in [0.15, 0.2) is 12.2 Å². The maximum atomic E-state index is 5.78. The first-order chi connectivity index (χ1) is 9.65. The lowest BCUT2D eigenvalue weighted by Gasteiger charge is -2.27. The number of epoxide rings is 1. The Morgan fingerprint density at radius 1 is 1.15 bits per heavy atom. The van der Waals surface area contributed by atoms with Crippen LogP contribution in [0.25, 0.3) is 0 Å². The first kappa shape index (κ1) is 17.8. The molecule has 0 N–H and O–H groups in total. The van der Waals surface area contributed by atoms with Crippen LogP contribution in [-0.4, -0.2) is 54.0 Å². The Kier molecular flexibility index (Phi) is 8.59. The summed E-state index contributed by atoms with van der Waals surface area (Å²) in [5, 5.41) is 0. The zero-order valence-electron chi connectivity index (χ0n) is 13.1. The zero-order chi connectivity index (χ0) is 14.8. The molecule has 1 fully saturated rings. The number of allylic oxidation sites excluding steroid dienone is 1. The Morgan fingerprint density at radius 2 is 1.70 bits per heavy atom. The average Bonchev–Trinajstić information content (AvgIpc) is 3.21. The SMILES string of the molecule is CCO[Si](C/C=C/C(C)OCC1CO1)(OCC)OCC. The fourth-order valence-corrected chi connectivity index (χ4v) is 4.19. The Bertz CT molecular complexity index is 264. The van der Waals surface area contributed by atoms with E-state index in [2.05, 4.69) is 0 Å². The minimum absolute atomic E-state index is 0.0655. The van der Waals surface area contributed by atoms with E-state index in [1.54, 1.807) is 0 Å². The molecule has 0 aromatic heterocycles. The van der Waals surface area contributed by atoms with Crippen molar-refractivity contribution in [2.75, 3.05) is 33.0 Å². The summed E-state index contributed by atoms with van der Waals surface area (Å²) >= 11 is 0. The van der Waals surface area contributed by atoms with E-state index in [-0.39, 0.29) is 6.10 Å². The van der Waals surface area contributed by atoms with Crippen molar-refractivity contribution in [1.29, 1.82) is 0 Å². The summed E-state index contributed by atoms with van der Waals surface area (Å²) in [5.41, 5.74) is 0. The zero-order valence-corrected chi connectivity index (χ0v) is 14.1. The summed E-state index contributed by atoms with van der Waals surface area (Å²) in [5.74, 6) is 0. The molecular formula is C14H28O5Si. The van der Waals surface area contributed by atoms with Gasteiger partial charge >= 0.3 is 8.80 Å². The van der Waals surface area contributed by atoms with Gasteiger partial charge in [-0.25, -0.2) is 0 Å². The molecule has 0 aromatic rings. The second kappa shape index (κ2) is 9.65. The molecular weight excluding hydrogens is 276 g/mol. The molecule has 0 radical (unpaired) electrons. The molecule has 1 rings (SSSR count). The number of ether oxygens (including phenoxy) is 2. The van der Waals surface area contributed by atoms with Gasteiger partial charge in [0.05, 0.1) is 19.3 Å². The van der Waals surface area contributed by atoms with Gasteiger partial charge in [-0.3, -0.25) is 0 Å². The van der Waals surface area contributed by atoms with Crippen molar-refractivity contribution in [2.24, 2.45) is 0 Å². The van der Waals surface area contributed by atoms with Gasteiger partial charge in [0.25, 0.3) is 0 Å². The molecule has 2 atom stereocenters. The highest BCUT2D eigenvalue weighted by Gasteiger charge is 2.38. The quantitative estimate of drug-likeness (QED) is 0.315. The van der Waals surface area contributed by atoms with Crippen LogP contribution in [0.2, 0.25) is 6.04 Å². The highest BCUT2D eigenvalue weighted by atomic mass is 28.4. The molecule has 0 aliphatic carbocycles. The third-order valence-corrected chi connectivity index (χ3v) is 5.74. The summed E-state index contributed by atoms with van der Waals surface area (Å²) in [6, 6.07) is 0.677. The number of hydrogen-bond donors (Lipinski definition) is 0. The lowest BCUT2D eigenvalue weighted by Crippen LogP contribution is -2.45. The van der Waals surface area contributed by atoms with E-state index in [4.69, 9.17) is 22.8 Å². The maximum absolute atomic E-state index is 5.78. The minimum atomic E-state index is -2.56. The van der Waals surface area contributed by atoms with Gasteiger partial charge in [0.15, 0.2) is 0 Å². The molecule has 1 aliphatic heterocycles. The van der Waals surface area contributed by atoms with Crippen LogP contribution in [0.1, 0.15) is 27.7 Å². The third kappa shape index (κ3) is 6.96. The van der Waals surface area contributed by atoms with Gasteiger partial charge < -0.3 is 22.8 Å². The first-order valence-electron chi connectivity index (χ1n) is 7.47. The highest BCUT2D eigenvalue weighted by molar-refractivity contribution is 6.61. The fraction of sp³-hybridized carbons (Fsp3) is 0.857. The first-order valence-corrected chi connectivity index (χ1v) is 9.40. The summed E-state index contributed by atoms with van der Waals surface area (Å²) in [7, 11) is -2.56. The van der Waals surface area contributed by atoms with Crippen LogP contribution >= 0.6 is 0 Å². The van der Waals surface area contributed by atoms with E-state index in [1.165, 1.54) is 0 Å². The van der Waals surface area contributed by atoms with Crippen LogP contribution in [0, 0.1) is 0 Å². The molecule has 118 valence electrons.